The molecule has 1 atom stereocenters. The fraction of sp³-hybridized carbons (Fsp3) is 0.421. The van der Waals surface area contributed by atoms with E-state index in [0.29, 0.717) is 12.5 Å². The number of carbonyl (C=O) groups excluding carboxylic acids is 1. The Morgan fingerprint density at radius 1 is 1.24 bits per heavy atom. The van der Waals surface area contributed by atoms with Crippen LogP contribution >= 0.6 is 11.3 Å². The fourth-order valence-electron chi connectivity index (χ4n) is 3.71. The number of thiophene rings is 1. The van der Waals surface area contributed by atoms with Crippen molar-refractivity contribution in [3.05, 3.63) is 52.5 Å². The van der Waals surface area contributed by atoms with Gasteiger partial charge < -0.3 is 4.74 Å². The highest BCUT2D eigenvalue weighted by molar-refractivity contribution is 7.09. The van der Waals surface area contributed by atoms with E-state index in [1.165, 1.54) is 11.0 Å². The zero-order valence-corrected chi connectivity index (χ0v) is 14.8. The molecule has 4 heterocycles. The molecule has 1 amide bonds. The van der Waals surface area contributed by atoms with Gasteiger partial charge in [0, 0.05) is 11.4 Å². The SMILES string of the molecule is O=C(O[C@H]1CN2CCC1CC2)N(Cc1cccs1)c1ccccc1F. The number of rotatable bonds is 4. The summed E-state index contributed by atoms with van der Waals surface area (Å²) in [4.78, 5) is 17.6. The van der Waals surface area contributed by atoms with Crippen LogP contribution in [0.4, 0.5) is 14.9 Å². The smallest absolute Gasteiger partial charge is 0.415 e. The van der Waals surface area contributed by atoms with E-state index >= 15 is 0 Å². The summed E-state index contributed by atoms with van der Waals surface area (Å²) in [6, 6.07) is 10.2. The maximum absolute atomic E-state index is 14.3. The lowest BCUT2D eigenvalue weighted by atomic mass is 9.86. The molecular weight excluding hydrogens is 339 g/mol. The highest BCUT2D eigenvalue weighted by atomic mass is 32.1. The van der Waals surface area contributed by atoms with Crippen molar-refractivity contribution in [1.82, 2.24) is 4.90 Å². The van der Waals surface area contributed by atoms with Crippen LogP contribution in [0.3, 0.4) is 0 Å². The number of hydrogen-bond acceptors (Lipinski definition) is 4. The molecule has 3 aliphatic heterocycles. The monoisotopic (exact) mass is 360 g/mol. The molecule has 132 valence electrons. The van der Waals surface area contributed by atoms with Gasteiger partial charge in [0.15, 0.2) is 0 Å². The summed E-state index contributed by atoms with van der Waals surface area (Å²) in [6.45, 7) is 3.29. The fourth-order valence-corrected chi connectivity index (χ4v) is 4.41. The van der Waals surface area contributed by atoms with Crippen LogP contribution in [0.25, 0.3) is 0 Å². The van der Waals surface area contributed by atoms with E-state index in [1.54, 1.807) is 29.5 Å². The molecule has 0 aliphatic carbocycles. The third-order valence-electron chi connectivity index (χ3n) is 5.11. The topological polar surface area (TPSA) is 32.8 Å². The largest absolute Gasteiger partial charge is 0.444 e. The Kier molecular flexibility index (Phi) is 4.72. The zero-order chi connectivity index (χ0) is 17.2. The molecule has 25 heavy (non-hydrogen) atoms. The van der Waals surface area contributed by atoms with E-state index in [1.807, 2.05) is 17.5 Å². The van der Waals surface area contributed by atoms with Gasteiger partial charge in [-0.2, -0.15) is 0 Å². The van der Waals surface area contributed by atoms with Gasteiger partial charge in [0.2, 0.25) is 0 Å². The van der Waals surface area contributed by atoms with Crippen molar-refractivity contribution in [2.75, 3.05) is 24.5 Å². The summed E-state index contributed by atoms with van der Waals surface area (Å²) in [7, 11) is 0. The summed E-state index contributed by atoms with van der Waals surface area (Å²) in [6.07, 6.45) is 1.59. The number of halogens is 1. The van der Waals surface area contributed by atoms with E-state index in [9.17, 15) is 9.18 Å². The van der Waals surface area contributed by atoms with Gasteiger partial charge in [0.25, 0.3) is 0 Å². The molecule has 3 aliphatic rings. The van der Waals surface area contributed by atoms with Gasteiger partial charge in [-0.15, -0.1) is 11.3 Å². The first-order chi connectivity index (χ1) is 12.2. The van der Waals surface area contributed by atoms with Crippen LogP contribution in [-0.4, -0.2) is 36.7 Å². The van der Waals surface area contributed by atoms with Crippen LogP contribution in [-0.2, 0) is 11.3 Å². The van der Waals surface area contributed by atoms with E-state index in [0.717, 1.165) is 37.4 Å². The Labute approximate surface area is 150 Å². The van der Waals surface area contributed by atoms with Crippen molar-refractivity contribution >= 4 is 23.1 Å². The second kappa shape index (κ2) is 7.14. The summed E-state index contributed by atoms with van der Waals surface area (Å²) in [5, 5.41) is 1.95. The average Bonchev–Trinajstić information content (AvgIpc) is 3.15. The van der Waals surface area contributed by atoms with Crippen molar-refractivity contribution < 1.29 is 13.9 Å². The molecule has 5 rings (SSSR count). The lowest BCUT2D eigenvalue weighted by Crippen LogP contribution is -2.53. The summed E-state index contributed by atoms with van der Waals surface area (Å²) in [5.74, 6) is 0.0167. The van der Waals surface area contributed by atoms with Crippen LogP contribution in [0.1, 0.15) is 17.7 Å². The molecule has 0 radical (unpaired) electrons. The number of hydrogen-bond donors (Lipinski definition) is 0. The number of benzene rings is 1. The summed E-state index contributed by atoms with van der Waals surface area (Å²) < 4.78 is 20.1. The zero-order valence-electron chi connectivity index (χ0n) is 13.9. The van der Waals surface area contributed by atoms with Gasteiger partial charge in [-0.3, -0.25) is 9.80 Å². The van der Waals surface area contributed by atoms with E-state index in [2.05, 4.69) is 4.90 Å². The molecule has 3 saturated heterocycles. The third-order valence-corrected chi connectivity index (χ3v) is 5.97. The lowest BCUT2D eigenvalue weighted by molar-refractivity contribution is -0.0311. The maximum Gasteiger partial charge on any atom is 0.415 e. The number of ether oxygens (including phenoxy) is 1. The molecule has 0 saturated carbocycles. The predicted octanol–water partition coefficient (Wildman–Crippen LogP) is 4.12. The molecule has 0 spiro atoms. The summed E-state index contributed by atoms with van der Waals surface area (Å²) >= 11 is 1.55. The van der Waals surface area contributed by atoms with Crippen molar-refractivity contribution in [1.29, 1.82) is 0 Å². The Balaban J connectivity index is 1.54. The highest BCUT2D eigenvalue weighted by Gasteiger charge is 2.37. The number of amides is 1. The standard InChI is InChI=1S/C19H21FN2O2S/c20-16-5-1-2-6-17(16)22(12-15-4-3-11-25-15)19(23)24-18-13-21-9-7-14(18)8-10-21/h1-6,11,14,18H,7-10,12-13H2/t18-/m0/s1. The number of carbonyl (C=O) groups is 1. The number of fused-ring (bicyclic) bond motifs is 3. The van der Waals surface area contributed by atoms with Gasteiger partial charge in [0.05, 0.1) is 12.2 Å². The average molecular weight is 360 g/mol. The normalized spacial score (nSPS) is 24.9. The Morgan fingerprint density at radius 3 is 2.68 bits per heavy atom. The number of para-hydroxylation sites is 1. The number of anilines is 1. The molecule has 2 bridgehead atoms. The molecule has 4 nitrogen and oxygen atoms in total. The second-order valence-electron chi connectivity index (χ2n) is 6.68. The van der Waals surface area contributed by atoms with Gasteiger partial charge in [-0.05, 0) is 55.4 Å². The number of nitrogens with zero attached hydrogens (tertiary/aromatic N) is 2. The highest BCUT2D eigenvalue weighted by Crippen LogP contribution is 2.31. The Bertz CT molecular complexity index is 729. The quantitative estimate of drug-likeness (QED) is 0.822. The van der Waals surface area contributed by atoms with Crippen LogP contribution in [0.2, 0.25) is 0 Å². The molecule has 0 unspecified atom stereocenters. The van der Waals surface area contributed by atoms with Crippen molar-refractivity contribution in [3.63, 3.8) is 0 Å². The molecule has 3 fully saturated rings. The second-order valence-corrected chi connectivity index (χ2v) is 7.71. The molecular formula is C19H21FN2O2S. The Hall–Kier alpha value is -1.92. The lowest BCUT2D eigenvalue weighted by Gasteiger charge is -2.44. The molecule has 1 aromatic heterocycles. The van der Waals surface area contributed by atoms with Gasteiger partial charge in [-0.1, -0.05) is 18.2 Å². The predicted molar refractivity (Wildman–Crippen MR) is 96.3 cm³/mol. The van der Waals surface area contributed by atoms with Gasteiger partial charge in [0.1, 0.15) is 11.9 Å². The van der Waals surface area contributed by atoms with Gasteiger partial charge in [-0.25, -0.2) is 9.18 Å². The third kappa shape index (κ3) is 3.55. The van der Waals surface area contributed by atoms with E-state index in [-0.39, 0.29) is 11.8 Å². The molecule has 0 N–H and O–H groups in total. The first-order valence-electron chi connectivity index (χ1n) is 8.68. The first kappa shape index (κ1) is 16.5. The van der Waals surface area contributed by atoms with Crippen molar-refractivity contribution in [3.8, 4) is 0 Å². The van der Waals surface area contributed by atoms with Gasteiger partial charge >= 0.3 is 6.09 Å². The van der Waals surface area contributed by atoms with Crippen molar-refractivity contribution in [2.45, 2.75) is 25.5 Å². The summed E-state index contributed by atoms with van der Waals surface area (Å²) in [5.41, 5.74) is 0.266. The van der Waals surface area contributed by atoms with Crippen LogP contribution in [0.15, 0.2) is 41.8 Å². The minimum absolute atomic E-state index is 0.0902. The van der Waals surface area contributed by atoms with E-state index in [4.69, 9.17) is 4.74 Å². The van der Waals surface area contributed by atoms with E-state index < -0.39 is 11.9 Å². The molecule has 6 heteroatoms. The van der Waals surface area contributed by atoms with Crippen molar-refractivity contribution in [2.24, 2.45) is 5.92 Å². The minimum atomic E-state index is -0.461. The first-order valence-corrected chi connectivity index (χ1v) is 9.56. The number of piperidine rings is 3. The maximum atomic E-state index is 14.3. The Morgan fingerprint density at radius 2 is 2.04 bits per heavy atom. The van der Waals surface area contributed by atoms with Crippen LogP contribution in [0.5, 0.6) is 0 Å². The van der Waals surface area contributed by atoms with Crippen LogP contribution < -0.4 is 4.90 Å². The minimum Gasteiger partial charge on any atom is -0.444 e. The molecule has 2 aromatic rings. The molecule has 1 aromatic carbocycles. The van der Waals surface area contributed by atoms with Crippen LogP contribution in [0, 0.1) is 11.7 Å².